The van der Waals surface area contributed by atoms with Gasteiger partial charge in [-0.15, -0.1) is 23.2 Å². The highest BCUT2D eigenvalue weighted by Crippen LogP contribution is 2.66. The van der Waals surface area contributed by atoms with Crippen molar-refractivity contribution in [2.45, 2.75) is 28.5 Å². The molecular formula is C28H23Cl2FN2O6. The molecule has 2 heterocycles. The third-order valence-electron chi connectivity index (χ3n) is 8.68. The fraction of sp³-hybridized carbons (Fsp3) is 0.357. The Balaban J connectivity index is 1.60. The van der Waals surface area contributed by atoms with Crippen LogP contribution in [0.15, 0.2) is 54.1 Å². The van der Waals surface area contributed by atoms with Gasteiger partial charge in [-0.1, -0.05) is 23.8 Å². The Hall–Kier alpha value is -3.43. The molecule has 202 valence electrons. The number of hydrogen-bond acceptors (Lipinski definition) is 6. The summed E-state index contributed by atoms with van der Waals surface area (Å²) < 4.78 is 19.0. The average molecular weight is 573 g/mol. The number of alkyl halides is 2. The first-order chi connectivity index (χ1) is 18.5. The van der Waals surface area contributed by atoms with Gasteiger partial charge >= 0.3 is 0 Å². The van der Waals surface area contributed by atoms with Crippen LogP contribution in [0.4, 0.5) is 10.1 Å². The van der Waals surface area contributed by atoms with Gasteiger partial charge in [-0.05, 0) is 49.1 Å². The monoisotopic (exact) mass is 572 g/mol. The van der Waals surface area contributed by atoms with Gasteiger partial charge in [0.25, 0.3) is 11.8 Å². The Morgan fingerprint density at radius 2 is 1.69 bits per heavy atom. The molecule has 2 aromatic rings. The van der Waals surface area contributed by atoms with Gasteiger partial charge in [0.15, 0.2) is 21.2 Å². The van der Waals surface area contributed by atoms with Crippen molar-refractivity contribution in [3.8, 4) is 11.5 Å². The minimum atomic E-state index is -2.13. The van der Waals surface area contributed by atoms with Crippen LogP contribution < -0.4 is 9.64 Å². The lowest BCUT2D eigenvalue weighted by Crippen LogP contribution is -2.60. The van der Waals surface area contributed by atoms with E-state index in [9.17, 15) is 28.7 Å². The number of imide groups is 2. The molecule has 0 bridgehead atoms. The largest absolute Gasteiger partial charge is 0.504 e. The van der Waals surface area contributed by atoms with Crippen molar-refractivity contribution in [1.29, 1.82) is 0 Å². The van der Waals surface area contributed by atoms with Crippen molar-refractivity contribution >= 4 is 52.5 Å². The van der Waals surface area contributed by atoms with Gasteiger partial charge in [0, 0.05) is 18.5 Å². The Morgan fingerprint density at radius 1 is 1.00 bits per heavy atom. The predicted molar refractivity (Wildman–Crippen MR) is 139 cm³/mol. The van der Waals surface area contributed by atoms with Gasteiger partial charge in [-0.2, -0.15) is 0 Å². The van der Waals surface area contributed by atoms with Gasteiger partial charge < -0.3 is 9.84 Å². The number of amides is 4. The van der Waals surface area contributed by atoms with Crippen LogP contribution in [0.1, 0.15) is 24.3 Å². The number of benzene rings is 2. The van der Waals surface area contributed by atoms with Crippen molar-refractivity contribution < 1.29 is 33.4 Å². The molecule has 1 N–H and O–H groups in total. The molecule has 4 aliphatic rings. The van der Waals surface area contributed by atoms with E-state index in [1.54, 1.807) is 18.2 Å². The molecule has 4 amide bonds. The second-order valence-corrected chi connectivity index (χ2v) is 11.6. The standard InChI is InChI=1S/C28H23Cl2FN2O6/c1-32-23(35)16-11-10-15-18(20(16)24(32)36)12-27(29)25(37)33(14-8-6-13(31)7-9-14)26(38)28(27,30)21(15)17-4-3-5-19(39-2)22(17)34/h3-10,16,18,20-21,34H,11-12H2,1-2H3. The summed E-state index contributed by atoms with van der Waals surface area (Å²) in [5.74, 6) is -6.44. The Labute approximate surface area is 232 Å². The van der Waals surface area contributed by atoms with Crippen molar-refractivity contribution in [3.63, 3.8) is 0 Å². The molecule has 2 aromatic carbocycles. The number of halogens is 3. The maximum atomic E-state index is 14.2. The number of hydrogen-bond donors (Lipinski definition) is 1. The molecule has 6 rings (SSSR count). The lowest BCUT2D eigenvalue weighted by Gasteiger charge is -2.50. The van der Waals surface area contributed by atoms with E-state index in [0.717, 1.165) is 21.9 Å². The third kappa shape index (κ3) is 3.17. The van der Waals surface area contributed by atoms with Crippen molar-refractivity contribution in [2.75, 3.05) is 19.1 Å². The molecule has 2 aliphatic carbocycles. The number of methoxy groups -OCH3 is 1. The molecule has 6 unspecified atom stereocenters. The highest BCUT2D eigenvalue weighted by Gasteiger charge is 2.76. The van der Waals surface area contributed by atoms with Gasteiger partial charge in [0.05, 0.1) is 24.6 Å². The normalized spacial score (nSPS) is 33.6. The zero-order valence-corrected chi connectivity index (χ0v) is 22.4. The SMILES string of the molecule is COc1cccc(C2C3=CCC4C(=O)N(C)C(=O)C4C3CC3(Cl)C(=O)N(c4ccc(F)cc4)C(=O)C23Cl)c1O. The van der Waals surface area contributed by atoms with E-state index in [4.69, 9.17) is 27.9 Å². The van der Waals surface area contributed by atoms with Gasteiger partial charge in [-0.25, -0.2) is 9.29 Å². The quantitative estimate of drug-likeness (QED) is 0.341. The maximum Gasteiger partial charge on any atom is 0.258 e. The lowest BCUT2D eigenvalue weighted by atomic mass is 9.56. The Kier molecular flexibility index (Phi) is 5.65. The minimum absolute atomic E-state index is 0.0798. The number of aromatic hydroxyl groups is 1. The predicted octanol–water partition coefficient (Wildman–Crippen LogP) is 3.73. The number of nitrogens with zero attached hydrogens (tertiary/aromatic N) is 2. The van der Waals surface area contributed by atoms with Crippen LogP contribution in [0.5, 0.6) is 11.5 Å². The number of carbonyl (C=O) groups excluding carboxylic acids is 4. The number of phenolic OH excluding ortho intramolecular Hbond substituents is 1. The van der Waals surface area contributed by atoms with E-state index in [-0.39, 0.29) is 41.5 Å². The number of likely N-dealkylation sites (tertiary alicyclic amines) is 1. The molecule has 11 heteroatoms. The number of carbonyl (C=O) groups is 4. The van der Waals surface area contributed by atoms with Crippen LogP contribution in [-0.4, -0.2) is 57.5 Å². The molecular weight excluding hydrogens is 550 g/mol. The first kappa shape index (κ1) is 25.8. The first-order valence-corrected chi connectivity index (χ1v) is 13.1. The van der Waals surface area contributed by atoms with Gasteiger partial charge in [0.2, 0.25) is 11.8 Å². The van der Waals surface area contributed by atoms with Crippen LogP contribution >= 0.6 is 23.2 Å². The molecule has 0 spiro atoms. The summed E-state index contributed by atoms with van der Waals surface area (Å²) in [5, 5.41) is 11.2. The zero-order valence-electron chi connectivity index (χ0n) is 20.9. The molecule has 0 aromatic heterocycles. The third-order valence-corrected chi connectivity index (χ3v) is 10.1. The summed E-state index contributed by atoms with van der Waals surface area (Å²) in [6.45, 7) is 0. The van der Waals surface area contributed by atoms with Crippen molar-refractivity contribution in [3.05, 3.63) is 65.5 Å². The van der Waals surface area contributed by atoms with Crippen molar-refractivity contribution in [2.24, 2.45) is 17.8 Å². The fourth-order valence-electron chi connectivity index (χ4n) is 6.84. The number of anilines is 1. The van der Waals surface area contributed by atoms with Crippen molar-refractivity contribution in [1.82, 2.24) is 4.90 Å². The number of fused-ring (bicyclic) bond motifs is 4. The molecule has 2 saturated heterocycles. The topological polar surface area (TPSA) is 104 Å². The summed E-state index contributed by atoms with van der Waals surface area (Å²) in [6, 6.07) is 9.46. The Morgan fingerprint density at radius 3 is 2.36 bits per heavy atom. The minimum Gasteiger partial charge on any atom is -0.504 e. The molecule has 8 nitrogen and oxygen atoms in total. The first-order valence-electron chi connectivity index (χ1n) is 12.4. The van der Waals surface area contributed by atoms with Crippen LogP contribution in [0, 0.1) is 23.6 Å². The van der Waals surface area contributed by atoms with Gasteiger partial charge in [0.1, 0.15) is 5.82 Å². The number of para-hydroxylation sites is 1. The van der Waals surface area contributed by atoms with E-state index in [1.807, 2.05) is 0 Å². The zero-order chi connectivity index (χ0) is 28.0. The summed E-state index contributed by atoms with van der Waals surface area (Å²) >= 11 is 14.5. The highest BCUT2D eigenvalue weighted by atomic mass is 35.5. The highest BCUT2D eigenvalue weighted by molar-refractivity contribution is 6.58. The van der Waals surface area contributed by atoms with Crippen LogP contribution in [0.2, 0.25) is 0 Å². The van der Waals surface area contributed by atoms with E-state index >= 15 is 0 Å². The fourth-order valence-corrected chi connectivity index (χ4v) is 7.77. The second-order valence-electron chi connectivity index (χ2n) is 10.4. The molecule has 39 heavy (non-hydrogen) atoms. The van der Waals surface area contributed by atoms with Crippen LogP contribution in [0.25, 0.3) is 0 Å². The number of phenols is 1. The number of allylic oxidation sites excluding steroid dienone is 2. The summed E-state index contributed by atoms with van der Waals surface area (Å²) in [6.07, 6.45) is 1.80. The smallest absolute Gasteiger partial charge is 0.258 e. The van der Waals surface area contributed by atoms with Crippen LogP contribution in [-0.2, 0) is 19.2 Å². The summed E-state index contributed by atoms with van der Waals surface area (Å²) in [5.41, 5.74) is 0.816. The average Bonchev–Trinajstić information content (AvgIpc) is 3.23. The molecule has 6 atom stereocenters. The van der Waals surface area contributed by atoms with Crippen LogP contribution in [0.3, 0.4) is 0 Å². The van der Waals surface area contributed by atoms with Gasteiger partial charge in [-0.3, -0.25) is 24.1 Å². The van der Waals surface area contributed by atoms with E-state index in [0.29, 0.717) is 5.57 Å². The second kappa shape index (κ2) is 8.53. The molecule has 0 radical (unpaired) electrons. The van der Waals surface area contributed by atoms with E-state index in [1.165, 1.54) is 32.4 Å². The number of ether oxygens (including phenoxy) is 1. The van der Waals surface area contributed by atoms with E-state index in [2.05, 4.69) is 0 Å². The molecule has 1 saturated carbocycles. The lowest BCUT2D eigenvalue weighted by molar-refractivity contribution is -0.138. The van der Waals surface area contributed by atoms with E-state index < -0.39 is 57.0 Å². The Bertz CT molecular complexity index is 1500. The summed E-state index contributed by atoms with van der Waals surface area (Å²) in [7, 11) is 2.79. The number of rotatable bonds is 3. The molecule has 3 fully saturated rings. The maximum absolute atomic E-state index is 14.2. The summed E-state index contributed by atoms with van der Waals surface area (Å²) in [4.78, 5) is 52.1. The molecule has 2 aliphatic heterocycles.